The predicted molar refractivity (Wildman–Crippen MR) is 41.2 cm³/mol. The molecule has 0 aliphatic carbocycles. The first-order valence-electron chi connectivity index (χ1n) is 3.63. The molecule has 1 rings (SSSR count). The van der Waals surface area contributed by atoms with Crippen molar-refractivity contribution in [1.82, 2.24) is 0 Å². The summed E-state index contributed by atoms with van der Waals surface area (Å²) in [5.74, 6) is 0. The van der Waals surface area contributed by atoms with Gasteiger partial charge in [-0.25, -0.2) is 0 Å². The van der Waals surface area contributed by atoms with Crippen LogP contribution in [0.25, 0.3) is 0 Å². The van der Waals surface area contributed by atoms with Gasteiger partial charge in [-0.3, -0.25) is 0 Å². The summed E-state index contributed by atoms with van der Waals surface area (Å²) >= 11 is 0. The fourth-order valence-electron chi connectivity index (χ4n) is 1.01. The van der Waals surface area contributed by atoms with Crippen molar-refractivity contribution in [3.05, 3.63) is 0 Å². The Morgan fingerprint density at radius 2 is 2.36 bits per heavy atom. The quantitative estimate of drug-likeness (QED) is 0.618. The highest BCUT2D eigenvalue weighted by Gasteiger charge is 2.14. The lowest BCUT2D eigenvalue weighted by molar-refractivity contribution is -0.0374. The molecule has 0 aromatic carbocycles. The maximum atomic E-state index is 8.54. The van der Waals surface area contributed by atoms with E-state index >= 15 is 0 Å². The zero-order valence-electron chi connectivity index (χ0n) is 6.27. The van der Waals surface area contributed by atoms with Crippen LogP contribution in [0.3, 0.4) is 0 Å². The molecule has 11 heavy (non-hydrogen) atoms. The van der Waals surface area contributed by atoms with Crippen LogP contribution in [0, 0.1) is 0 Å². The van der Waals surface area contributed by atoms with E-state index < -0.39 is 8.38 Å². The molecule has 0 aromatic heterocycles. The van der Waals surface area contributed by atoms with Crippen molar-refractivity contribution in [2.24, 2.45) is 0 Å². The van der Waals surface area contributed by atoms with Crippen molar-refractivity contribution in [1.29, 1.82) is 0 Å². The number of hydrogen-bond acceptors (Lipinski definition) is 4. The third kappa shape index (κ3) is 3.99. The molecule has 0 saturated carbocycles. The Morgan fingerprint density at radius 1 is 1.55 bits per heavy atom. The Kier molecular flexibility index (Phi) is 4.26. The van der Waals surface area contributed by atoms with Crippen LogP contribution in [0.5, 0.6) is 0 Å². The molecule has 1 aliphatic rings. The van der Waals surface area contributed by atoms with Gasteiger partial charge in [-0.2, -0.15) is 0 Å². The van der Waals surface area contributed by atoms with E-state index in [2.05, 4.69) is 0 Å². The van der Waals surface area contributed by atoms with Crippen LogP contribution in [0.4, 0.5) is 0 Å². The van der Waals surface area contributed by atoms with Crippen molar-refractivity contribution >= 4 is 8.38 Å². The van der Waals surface area contributed by atoms with Gasteiger partial charge in [0.05, 0.1) is 12.7 Å². The fourth-order valence-corrected chi connectivity index (χ4v) is 1.36. The highest BCUT2D eigenvalue weighted by molar-refractivity contribution is 7.44. The van der Waals surface area contributed by atoms with E-state index in [0.29, 0.717) is 6.61 Å². The van der Waals surface area contributed by atoms with Crippen molar-refractivity contribution in [3.8, 4) is 0 Å². The van der Waals surface area contributed by atoms with Gasteiger partial charge >= 0.3 is 0 Å². The van der Waals surface area contributed by atoms with Gasteiger partial charge in [0.25, 0.3) is 0 Å². The Balaban J connectivity index is 2.05. The van der Waals surface area contributed by atoms with Crippen LogP contribution in [-0.4, -0.2) is 35.5 Å². The van der Waals surface area contributed by atoms with E-state index in [9.17, 15) is 0 Å². The smallest absolute Gasteiger partial charge is 0.192 e. The van der Waals surface area contributed by atoms with Crippen LogP contribution in [0.2, 0.25) is 0 Å². The molecular weight excluding hydrogens is 167 g/mol. The third-order valence-corrected chi connectivity index (χ3v) is 1.92. The molecule has 0 spiro atoms. The van der Waals surface area contributed by atoms with Crippen LogP contribution in [-0.2, 0) is 9.47 Å². The number of rotatable bonds is 3. The van der Waals surface area contributed by atoms with Crippen LogP contribution in [0.15, 0.2) is 0 Å². The van der Waals surface area contributed by atoms with Crippen molar-refractivity contribution < 1.29 is 19.3 Å². The van der Waals surface area contributed by atoms with Gasteiger partial charge in [-0.15, -0.1) is 0 Å². The van der Waals surface area contributed by atoms with Crippen molar-refractivity contribution in [2.45, 2.75) is 18.9 Å². The van der Waals surface area contributed by atoms with Crippen molar-refractivity contribution in [2.75, 3.05) is 19.6 Å². The molecule has 1 atom stereocenters. The van der Waals surface area contributed by atoms with E-state index in [1.807, 2.05) is 0 Å². The van der Waals surface area contributed by atoms with E-state index in [0.717, 1.165) is 19.4 Å². The minimum atomic E-state index is -1.90. The van der Waals surface area contributed by atoms with Gasteiger partial charge in [0.15, 0.2) is 8.38 Å². The molecule has 2 N–H and O–H groups in total. The summed E-state index contributed by atoms with van der Waals surface area (Å²) in [6.07, 6.45) is 2.07. The summed E-state index contributed by atoms with van der Waals surface area (Å²) < 4.78 is 10.3. The molecule has 0 amide bonds. The molecular formula is C6H13O4P. The topological polar surface area (TPSA) is 58.9 Å². The maximum absolute atomic E-state index is 8.54. The highest BCUT2D eigenvalue weighted by Crippen LogP contribution is 2.24. The second kappa shape index (κ2) is 5.01. The van der Waals surface area contributed by atoms with E-state index in [-0.39, 0.29) is 12.5 Å². The first-order chi connectivity index (χ1) is 5.29. The molecule has 1 unspecified atom stereocenters. The second-order valence-electron chi connectivity index (χ2n) is 2.51. The summed E-state index contributed by atoms with van der Waals surface area (Å²) in [7, 11) is -1.90. The molecule has 1 aliphatic heterocycles. The lowest BCUT2D eigenvalue weighted by atomic mass is 10.2. The molecule has 0 radical (unpaired) electrons. The average molecular weight is 180 g/mol. The highest BCUT2D eigenvalue weighted by atomic mass is 31.2. The average Bonchev–Trinajstić information content (AvgIpc) is 2.03. The maximum Gasteiger partial charge on any atom is 0.192 e. The molecule has 1 heterocycles. The first kappa shape index (κ1) is 9.36. The Labute approximate surface area is 67.0 Å². The number of ether oxygens (including phenoxy) is 2. The Morgan fingerprint density at radius 3 is 2.91 bits per heavy atom. The van der Waals surface area contributed by atoms with Gasteiger partial charge in [-0.1, -0.05) is 0 Å². The molecule has 1 fully saturated rings. The van der Waals surface area contributed by atoms with E-state index in [1.54, 1.807) is 0 Å². The lowest BCUT2D eigenvalue weighted by Gasteiger charge is -2.22. The SMILES string of the molecule is OP(O)COC1CCCOC1. The minimum absolute atomic E-state index is 0.0450. The van der Waals surface area contributed by atoms with Gasteiger partial charge in [0, 0.05) is 6.61 Å². The molecule has 0 aromatic rings. The standard InChI is InChI=1S/C6H13O4P/c7-11(8)5-10-6-2-1-3-9-4-6/h6-8H,1-5H2. The Hall–Kier alpha value is 0.270. The van der Waals surface area contributed by atoms with Crippen LogP contribution < -0.4 is 0 Å². The van der Waals surface area contributed by atoms with Gasteiger partial charge in [0.2, 0.25) is 0 Å². The summed E-state index contributed by atoms with van der Waals surface area (Å²) in [4.78, 5) is 17.1. The van der Waals surface area contributed by atoms with E-state index in [1.165, 1.54) is 0 Å². The summed E-state index contributed by atoms with van der Waals surface area (Å²) in [6, 6.07) is 0. The zero-order chi connectivity index (χ0) is 8.10. The second-order valence-corrected chi connectivity index (χ2v) is 3.51. The predicted octanol–water partition coefficient (Wildman–Crippen LogP) is 0.436. The summed E-state index contributed by atoms with van der Waals surface area (Å²) in [5.41, 5.74) is 0. The summed E-state index contributed by atoms with van der Waals surface area (Å²) in [5, 5.41) is 0. The Bertz CT molecular complexity index is 103. The zero-order valence-corrected chi connectivity index (χ0v) is 7.17. The van der Waals surface area contributed by atoms with E-state index in [4.69, 9.17) is 19.3 Å². The lowest BCUT2D eigenvalue weighted by Crippen LogP contribution is -2.25. The van der Waals surface area contributed by atoms with Gasteiger partial charge < -0.3 is 19.3 Å². The fraction of sp³-hybridized carbons (Fsp3) is 1.00. The van der Waals surface area contributed by atoms with Crippen LogP contribution in [0.1, 0.15) is 12.8 Å². The molecule has 4 nitrogen and oxygen atoms in total. The molecule has 66 valence electrons. The normalized spacial score (nSPS) is 25.9. The largest absolute Gasteiger partial charge is 0.379 e. The molecule has 5 heteroatoms. The molecule has 1 saturated heterocycles. The summed E-state index contributed by atoms with van der Waals surface area (Å²) in [6.45, 7) is 1.38. The molecule has 0 bridgehead atoms. The minimum Gasteiger partial charge on any atom is -0.379 e. The van der Waals surface area contributed by atoms with Crippen LogP contribution >= 0.6 is 8.38 Å². The first-order valence-corrected chi connectivity index (χ1v) is 5.07. The number of hydrogen-bond donors (Lipinski definition) is 2. The van der Waals surface area contributed by atoms with Gasteiger partial charge in [-0.05, 0) is 12.8 Å². The third-order valence-electron chi connectivity index (χ3n) is 1.54. The van der Waals surface area contributed by atoms with Gasteiger partial charge in [0.1, 0.15) is 6.35 Å². The monoisotopic (exact) mass is 180 g/mol. The van der Waals surface area contributed by atoms with Crippen molar-refractivity contribution in [3.63, 3.8) is 0 Å².